The topological polar surface area (TPSA) is 88.9 Å². The lowest BCUT2D eigenvalue weighted by Gasteiger charge is -2.15. The monoisotopic (exact) mass is 471 g/mol. The molecule has 2 rings (SSSR count). The molecule has 0 saturated heterocycles. The number of nitrogens with one attached hydrogen (secondary N) is 2. The molecule has 1 heterocycles. The predicted molar refractivity (Wildman–Crippen MR) is 122 cm³/mol. The molecule has 30 heavy (non-hydrogen) atoms. The van der Waals surface area contributed by atoms with Gasteiger partial charge < -0.3 is 15.2 Å². The minimum absolute atomic E-state index is 0.121. The average molecular weight is 472 g/mol. The molecule has 0 fully saturated rings. The van der Waals surface area contributed by atoms with Crippen LogP contribution in [0.25, 0.3) is 11.4 Å². The van der Waals surface area contributed by atoms with E-state index in [4.69, 9.17) is 23.2 Å². The van der Waals surface area contributed by atoms with Gasteiger partial charge in [-0.05, 0) is 37.5 Å². The van der Waals surface area contributed by atoms with Gasteiger partial charge >= 0.3 is 0 Å². The van der Waals surface area contributed by atoms with E-state index in [1.807, 2.05) is 17.6 Å². The van der Waals surface area contributed by atoms with Crippen molar-refractivity contribution in [3.05, 3.63) is 28.2 Å². The van der Waals surface area contributed by atoms with Crippen LogP contribution in [0.1, 0.15) is 34.1 Å². The first-order valence-corrected chi connectivity index (χ1v) is 11.6. The van der Waals surface area contributed by atoms with E-state index in [1.54, 1.807) is 19.1 Å². The minimum atomic E-state index is -0.596. The third kappa shape index (κ3) is 6.89. The lowest BCUT2D eigenvalue weighted by atomic mass is 10.2. The summed E-state index contributed by atoms with van der Waals surface area (Å²) in [5, 5.41) is 15.7. The van der Waals surface area contributed by atoms with Crippen molar-refractivity contribution in [2.45, 2.75) is 51.9 Å². The van der Waals surface area contributed by atoms with Crippen molar-refractivity contribution in [3.8, 4) is 11.4 Å². The first kappa shape index (κ1) is 24.5. The van der Waals surface area contributed by atoms with E-state index >= 15 is 0 Å². The van der Waals surface area contributed by atoms with Gasteiger partial charge in [0.25, 0.3) is 0 Å². The number of nitrogens with zero attached hydrogens (tertiary/aromatic N) is 3. The first-order chi connectivity index (χ1) is 14.2. The summed E-state index contributed by atoms with van der Waals surface area (Å²) < 4.78 is 1.95. The van der Waals surface area contributed by atoms with Gasteiger partial charge in [-0.15, -0.1) is 10.2 Å². The number of amides is 2. The largest absolute Gasteiger partial charge is 0.354 e. The van der Waals surface area contributed by atoms with Crippen molar-refractivity contribution < 1.29 is 9.59 Å². The summed E-state index contributed by atoms with van der Waals surface area (Å²) in [7, 11) is 0. The molecule has 7 nitrogen and oxygen atoms in total. The third-order valence-electron chi connectivity index (χ3n) is 4.09. The molecule has 1 aromatic carbocycles. The number of carbonyl (C=O) groups excluding carboxylic acids is 2. The van der Waals surface area contributed by atoms with E-state index in [0.29, 0.717) is 40.0 Å². The van der Waals surface area contributed by atoms with Gasteiger partial charge in [-0.25, -0.2) is 0 Å². The van der Waals surface area contributed by atoms with Gasteiger partial charge in [0, 0.05) is 23.7 Å². The van der Waals surface area contributed by atoms with Crippen LogP contribution in [0.5, 0.6) is 0 Å². The number of halogens is 2. The van der Waals surface area contributed by atoms with Gasteiger partial charge in [0.2, 0.25) is 11.8 Å². The highest BCUT2D eigenvalue weighted by molar-refractivity contribution is 7.99. The Kier molecular flexibility index (Phi) is 9.45. The van der Waals surface area contributed by atoms with E-state index < -0.39 is 6.04 Å². The highest BCUT2D eigenvalue weighted by atomic mass is 35.5. The minimum Gasteiger partial charge on any atom is -0.354 e. The van der Waals surface area contributed by atoms with E-state index in [0.717, 1.165) is 12.0 Å². The Morgan fingerprint density at radius 1 is 1.20 bits per heavy atom. The summed E-state index contributed by atoms with van der Waals surface area (Å²) >= 11 is 13.6. The number of hydrogen-bond acceptors (Lipinski definition) is 5. The van der Waals surface area contributed by atoms with Gasteiger partial charge in [0.1, 0.15) is 6.04 Å². The van der Waals surface area contributed by atoms with Crippen molar-refractivity contribution in [3.63, 3.8) is 0 Å². The Bertz CT molecular complexity index is 888. The van der Waals surface area contributed by atoms with Crippen LogP contribution in [-0.4, -0.2) is 44.9 Å². The van der Waals surface area contributed by atoms with E-state index in [1.165, 1.54) is 11.8 Å². The normalized spacial score (nSPS) is 12.1. The smallest absolute Gasteiger partial charge is 0.242 e. The van der Waals surface area contributed by atoms with Crippen LogP contribution in [0.15, 0.2) is 23.4 Å². The van der Waals surface area contributed by atoms with Crippen molar-refractivity contribution in [2.75, 3.05) is 12.3 Å². The van der Waals surface area contributed by atoms with Crippen molar-refractivity contribution in [2.24, 2.45) is 5.92 Å². The van der Waals surface area contributed by atoms with Crippen LogP contribution >= 0.6 is 35.0 Å². The molecule has 0 saturated carbocycles. The number of benzene rings is 1. The van der Waals surface area contributed by atoms with Crippen LogP contribution in [0.3, 0.4) is 0 Å². The Balaban J connectivity index is 2.11. The Morgan fingerprint density at radius 3 is 2.57 bits per heavy atom. The molecule has 2 amide bonds. The van der Waals surface area contributed by atoms with Crippen LogP contribution in [-0.2, 0) is 16.1 Å². The number of rotatable bonds is 10. The third-order valence-corrected chi connectivity index (χ3v) is 5.60. The summed E-state index contributed by atoms with van der Waals surface area (Å²) in [6, 6.07) is 4.63. The fourth-order valence-corrected chi connectivity index (χ4v) is 3.93. The second-order valence-corrected chi connectivity index (χ2v) is 9.09. The molecule has 164 valence electrons. The molecule has 0 aliphatic heterocycles. The molecule has 0 aliphatic carbocycles. The van der Waals surface area contributed by atoms with Gasteiger partial charge in [0.05, 0.1) is 10.8 Å². The number of hydrogen-bond donors (Lipinski definition) is 2. The summed E-state index contributed by atoms with van der Waals surface area (Å²) in [5.74, 6) is 0.639. The molecule has 0 unspecified atom stereocenters. The molecule has 0 bridgehead atoms. The second-order valence-electron chi connectivity index (χ2n) is 7.30. The number of carbonyl (C=O) groups is 2. The van der Waals surface area contributed by atoms with Crippen molar-refractivity contribution >= 4 is 46.8 Å². The predicted octanol–water partition coefficient (Wildman–Crippen LogP) is 4.03. The summed E-state index contributed by atoms with van der Waals surface area (Å²) in [5.41, 5.74) is 0.728. The number of aromatic nitrogens is 3. The summed E-state index contributed by atoms with van der Waals surface area (Å²) in [6.45, 7) is 9.06. The fourth-order valence-electron chi connectivity index (χ4n) is 2.68. The van der Waals surface area contributed by atoms with Crippen LogP contribution in [0.4, 0.5) is 0 Å². The maximum atomic E-state index is 12.3. The van der Waals surface area contributed by atoms with Crippen molar-refractivity contribution in [1.29, 1.82) is 0 Å². The SMILES string of the molecule is CCCNC(=O)[C@H](C)NC(=O)CSc1nnc(-c2ccc(Cl)cc2Cl)n1CC(C)C. The zero-order chi connectivity index (χ0) is 22.3. The van der Waals surface area contributed by atoms with Gasteiger partial charge in [0.15, 0.2) is 11.0 Å². The average Bonchev–Trinajstić information content (AvgIpc) is 3.06. The molecule has 0 aliphatic rings. The molecule has 10 heteroatoms. The van der Waals surface area contributed by atoms with Gasteiger partial charge in [-0.3, -0.25) is 9.59 Å². The molecule has 2 aromatic rings. The zero-order valence-electron chi connectivity index (χ0n) is 17.5. The molecule has 0 spiro atoms. The zero-order valence-corrected chi connectivity index (χ0v) is 19.9. The maximum Gasteiger partial charge on any atom is 0.242 e. The lowest BCUT2D eigenvalue weighted by molar-refractivity contribution is -0.127. The fraction of sp³-hybridized carbons (Fsp3) is 0.500. The van der Waals surface area contributed by atoms with E-state index in [9.17, 15) is 9.59 Å². The maximum absolute atomic E-state index is 12.3. The van der Waals surface area contributed by atoms with Crippen LogP contribution < -0.4 is 10.6 Å². The Hall–Kier alpha value is -1.77. The molecule has 2 N–H and O–H groups in total. The van der Waals surface area contributed by atoms with Crippen molar-refractivity contribution in [1.82, 2.24) is 25.4 Å². The number of thioether (sulfide) groups is 1. The Morgan fingerprint density at radius 2 is 1.93 bits per heavy atom. The summed E-state index contributed by atoms with van der Waals surface area (Å²) in [4.78, 5) is 24.2. The highest BCUT2D eigenvalue weighted by Gasteiger charge is 2.20. The molecule has 1 aromatic heterocycles. The summed E-state index contributed by atoms with van der Waals surface area (Å²) in [6.07, 6.45) is 0.841. The quantitative estimate of drug-likeness (QED) is 0.510. The van der Waals surface area contributed by atoms with E-state index in [2.05, 4.69) is 34.7 Å². The van der Waals surface area contributed by atoms with Gasteiger partial charge in [-0.1, -0.05) is 55.7 Å². The van der Waals surface area contributed by atoms with E-state index in [-0.39, 0.29) is 17.6 Å². The Labute approximate surface area is 191 Å². The molecule has 0 radical (unpaired) electrons. The molecule has 1 atom stereocenters. The lowest BCUT2D eigenvalue weighted by Crippen LogP contribution is -2.45. The first-order valence-electron chi connectivity index (χ1n) is 9.81. The second kappa shape index (κ2) is 11.6. The van der Waals surface area contributed by atoms with Crippen LogP contribution in [0, 0.1) is 5.92 Å². The van der Waals surface area contributed by atoms with Crippen LogP contribution in [0.2, 0.25) is 10.0 Å². The standard InChI is InChI=1S/C20H27Cl2N5O2S/c1-5-8-23-19(29)13(4)24-17(28)11-30-20-26-25-18(27(20)10-12(2)3)15-7-6-14(21)9-16(15)22/h6-7,9,12-13H,5,8,10-11H2,1-4H3,(H,23,29)(H,24,28)/t13-/m0/s1. The molecular weight excluding hydrogens is 445 g/mol. The molecular formula is C20H27Cl2N5O2S. The van der Waals surface area contributed by atoms with Gasteiger partial charge in [-0.2, -0.15) is 0 Å². The highest BCUT2D eigenvalue weighted by Crippen LogP contribution is 2.31.